The van der Waals surface area contributed by atoms with Gasteiger partial charge in [-0.3, -0.25) is 4.79 Å². The number of amides is 1. The maximum Gasteiger partial charge on any atom is 0.236 e. The summed E-state index contributed by atoms with van der Waals surface area (Å²) in [6.45, 7) is 3.75. The number of carbonyl (C=O) groups is 1. The lowest BCUT2D eigenvalue weighted by Gasteiger charge is -2.35. The summed E-state index contributed by atoms with van der Waals surface area (Å²) in [5.41, 5.74) is 0. The minimum Gasteiger partial charge on any atom is -0.469 e. The fourth-order valence-corrected chi connectivity index (χ4v) is 4.61. The highest BCUT2D eigenvalue weighted by Gasteiger charge is 2.35. The lowest BCUT2D eigenvalue weighted by atomic mass is 10.1. The number of carbonyl (C=O) groups excluding carboxylic acids is 1. The summed E-state index contributed by atoms with van der Waals surface area (Å²) in [7, 11) is 0. The fraction of sp³-hybridized carbons (Fsp3) is 0.529. The van der Waals surface area contributed by atoms with Crippen molar-refractivity contribution in [3.05, 3.63) is 36.0 Å². The molecule has 0 radical (unpaired) electrons. The third-order valence-electron chi connectivity index (χ3n) is 4.74. The summed E-state index contributed by atoms with van der Waals surface area (Å²) in [6.07, 6.45) is 3.82. The molecule has 2 aliphatic rings. The van der Waals surface area contributed by atoms with Crippen LogP contribution in [0.4, 0.5) is 0 Å². The van der Waals surface area contributed by atoms with Crippen molar-refractivity contribution in [3.8, 4) is 5.88 Å². The molecule has 1 saturated heterocycles. The van der Waals surface area contributed by atoms with E-state index in [2.05, 4.69) is 19.7 Å². The van der Waals surface area contributed by atoms with E-state index in [4.69, 9.17) is 4.74 Å². The molecule has 25 heavy (non-hydrogen) atoms. The van der Waals surface area contributed by atoms with Gasteiger partial charge in [0.2, 0.25) is 11.8 Å². The second-order valence-electron chi connectivity index (χ2n) is 6.29. The molecule has 0 aliphatic carbocycles. The number of nitrogens with zero attached hydrogens (tertiary/aromatic N) is 5. The number of pyridine rings is 1. The number of aromatic nitrogens is 4. The van der Waals surface area contributed by atoms with Gasteiger partial charge in [0.15, 0.2) is 11.6 Å². The van der Waals surface area contributed by atoms with Crippen molar-refractivity contribution in [1.29, 1.82) is 0 Å². The largest absolute Gasteiger partial charge is 0.469 e. The molecule has 0 aromatic carbocycles. The SMILES string of the molecule is CC1c2nnc(COc3ccccn3)n2CCN1C(=O)C1CCCS1. The Labute approximate surface area is 150 Å². The van der Waals surface area contributed by atoms with Crippen LogP contribution in [0, 0.1) is 0 Å². The summed E-state index contributed by atoms with van der Waals surface area (Å²) in [5.74, 6) is 3.51. The van der Waals surface area contributed by atoms with Gasteiger partial charge in [0.1, 0.15) is 6.61 Å². The van der Waals surface area contributed by atoms with Crippen LogP contribution in [0.3, 0.4) is 0 Å². The van der Waals surface area contributed by atoms with E-state index in [0.29, 0.717) is 25.6 Å². The van der Waals surface area contributed by atoms with E-state index in [1.807, 2.05) is 30.0 Å². The van der Waals surface area contributed by atoms with Crippen LogP contribution >= 0.6 is 11.8 Å². The van der Waals surface area contributed by atoms with Crippen LogP contribution in [0.15, 0.2) is 24.4 Å². The maximum absolute atomic E-state index is 12.8. The number of hydrogen-bond donors (Lipinski definition) is 0. The molecule has 0 N–H and O–H groups in total. The van der Waals surface area contributed by atoms with Crippen LogP contribution in [0.25, 0.3) is 0 Å². The van der Waals surface area contributed by atoms with Crippen molar-refractivity contribution < 1.29 is 9.53 Å². The zero-order chi connectivity index (χ0) is 17.2. The molecule has 2 aromatic rings. The van der Waals surface area contributed by atoms with Gasteiger partial charge in [-0.2, -0.15) is 0 Å². The van der Waals surface area contributed by atoms with Gasteiger partial charge in [-0.25, -0.2) is 4.98 Å². The summed E-state index contributed by atoms with van der Waals surface area (Å²) < 4.78 is 7.76. The van der Waals surface area contributed by atoms with Crippen molar-refractivity contribution in [1.82, 2.24) is 24.6 Å². The first-order valence-corrected chi connectivity index (χ1v) is 9.67. The van der Waals surface area contributed by atoms with Gasteiger partial charge in [0.25, 0.3) is 0 Å². The van der Waals surface area contributed by atoms with E-state index in [1.54, 1.807) is 18.0 Å². The predicted octanol–water partition coefficient (Wildman–Crippen LogP) is 2.05. The molecule has 1 fully saturated rings. The molecular weight excluding hydrogens is 338 g/mol. The van der Waals surface area contributed by atoms with E-state index in [1.165, 1.54) is 0 Å². The topological polar surface area (TPSA) is 73.1 Å². The molecule has 0 saturated carbocycles. The van der Waals surface area contributed by atoms with Gasteiger partial charge >= 0.3 is 0 Å². The van der Waals surface area contributed by atoms with Crippen LogP contribution in [0.2, 0.25) is 0 Å². The van der Waals surface area contributed by atoms with Gasteiger partial charge in [-0.1, -0.05) is 6.07 Å². The Morgan fingerprint density at radius 3 is 3.04 bits per heavy atom. The maximum atomic E-state index is 12.8. The van der Waals surface area contributed by atoms with Gasteiger partial charge in [0.05, 0.1) is 11.3 Å². The predicted molar refractivity (Wildman–Crippen MR) is 94.2 cm³/mol. The Balaban J connectivity index is 1.46. The molecular formula is C17H21N5O2S. The zero-order valence-corrected chi connectivity index (χ0v) is 15.0. The highest BCUT2D eigenvalue weighted by molar-refractivity contribution is 8.00. The molecule has 132 valence electrons. The standard InChI is InChI=1S/C17H21N5O2S/c1-12-16-20-19-14(11-24-15-6-2-3-7-18-15)22(16)9-8-21(12)17(23)13-5-4-10-25-13/h2-3,6-7,12-13H,4-5,8-11H2,1H3. The lowest BCUT2D eigenvalue weighted by Crippen LogP contribution is -2.44. The Bertz CT molecular complexity index is 745. The molecule has 2 aromatic heterocycles. The van der Waals surface area contributed by atoms with Crippen molar-refractivity contribution in [2.45, 2.75) is 44.2 Å². The number of ether oxygens (including phenoxy) is 1. The molecule has 7 nitrogen and oxygen atoms in total. The first-order chi connectivity index (χ1) is 12.2. The van der Waals surface area contributed by atoms with Crippen LogP contribution < -0.4 is 4.74 Å². The average Bonchev–Trinajstić information content (AvgIpc) is 3.31. The highest BCUT2D eigenvalue weighted by Crippen LogP contribution is 2.32. The van der Waals surface area contributed by atoms with Crippen LogP contribution in [0.1, 0.15) is 37.5 Å². The van der Waals surface area contributed by atoms with Crippen molar-refractivity contribution in [2.24, 2.45) is 0 Å². The second-order valence-corrected chi connectivity index (χ2v) is 7.60. The minimum atomic E-state index is -0.0569. The molecule has 2 atom stereocenters. The van der Waals surface area contributed by atoms with E-state index < -0.39 is 0 Å². The monoisotopic (exact) mass is 359 g/mol. The van der Waals surface area contributed by atoms with Crippen LogP contribution in [-0.4, -0.2) is 48.1 Å². The van der Waals surface area contributed by atoms with Gasteiger partial charge in [0, 0.05) is 25.4 Å². The first-order valence-electron chi connectivity index (χ1n) is 8.62. The molecule has 0 spiro atoms. The summed E-state index contributed by atoms with van der Waals surface area (Å²) >= 11 is 1.78. The molecule has 8 heteroatoms. The third kappa shape index (κ3) is 3.22. The smallest absolute Gasteiger partial charge is 0.236 e. The summed E-state index contributed by atoms with van der Waals surface area (Å²) in [6, 6.07) is 5.49. The van der Waals surface area contributed by atoms with Crippen molar-refractivity contribution in [3.63, 3.8) is 0 Å². The first kappa shape index (κ1) is 16.4. The second kappa shape index (κ2) is 7.03. The number of rotatable bonds is 4. The van der Waals surface area contributed by atoms with E-state index >= 15 is 0 Å². The van der Waals surface area contributed by atoms with Gasteiger partial charge in [-0.05, 0) is 31.6 Å². The highest BCUT2D eigenvalue weighted by atomic mass is 32.2. The minimum absolute atomic E-state index is 0.0569. The van der Waals surface area contributed by atoms with E-state index in [0.717, 1.165) is 30.2 Å². The van der Waals surface area contributed by atoms with Crippen LogP contribution in [0.5, 0.6) is 5.88 Å². The van der Waals surface area contributed by atoms with Crippen molar-refractivity contribution >= 4 is 17.7 Å². The third-order valence-corrected chi connectivity index (χ3v) is 6.10. The van der Waals surface area contributed by atoms with Crippen molar-refractivity contribution in [2.75, 3.05) is 12.3 Å². The molecule has 4 rings (SSSR count). The van der Waals surface area contributed by atoms with E-state index in [-0.39, 0.29) is 17.2 Å². The number of hydrogen-bond acceptors (Lipinski definition) is 6. The molecule has 2 unspecified atom stereocenters. The average molecular weight is 359 g/mol. The quantitative estimate of drug-likeness (QED) is 0.832. The van der Waals surface area contributed by atoms with Gasteiger partial charge in [-0.15, -0.1) is 22.0 Å². The fourth-order valence-electron chi connectivity index (χ4n) is 3.38. The van der Waals surface area contributed by atoms with Gasteiger partial charge < -0.3 is 14.2 Å². The van der Waals surface area contributed by atoms with Crippen LogP contribution in [-0.2, 0) is 17.9 Å². The number of thioether (sulfide) groups is 1. The Hall–Kier alpha value is -2.09. The number of fused-ring (bicyclic) bond motifs is 1. The lowest BCUT2D eigenvalue weighted by molar-refractivity contribution is -0.134. The molecule has 2 aliphatic heterocycles. The van der Waals surface area contributed by atoms with E-state index in [9.17, 15) is 4.79 Å². The normalized spacial score (nSPS) is 22.7. The molecule has 4 heterocycles. The Morgan fingerprint density at radius 2 is 2.28 bits per heavy atom. The molecule has 0 bridgehead atoms. The summed E-state index contributed by atoms with van der Waals surface area (Å²) in [5, 5.41) is 8.71. The Morgan fingerprint density at radius 1 is 1.36 bits per heavy atom. The Kier molecular flexibility index (Phi) is 4.61. The zero-order valence-electron chi connectivity index (χ0n) is 14.2. The molecule has 1 amide bonds. The summed E-state index contributed by atoms with van der Waals surface area (Å²) in [4.78, 5) is 18.9.